The summed E-state index contributed by atoms with van der Waals surface area (Å²) in [4.78, 5) is 0. The molecule has 0 saturated carbocycles. The Balaban J connectivity index is 0.00000161. The molecule has 0 aliphatic carbocycles. The molecule has 0 fully saturated rings. The Morgan fingerprint density at radius 2 is 0.881 bits per heavy atom. The smallest absolute Gasteiger partial charge is 1.00 e. The Labute approximate surface area is 284 Å². The topological polar surface area (TPSA) is 0 Å². The summed E-state index contributed by atoms with van der Waals surface area (Å²) in [6.45, 7) is 14.5. The molecule has 0 nitrogen and oxygen atoms in total. The summed E-state index contributed by atoms with van der Waals surface area (Å²) in [5.74, 6) is 0. The molecule has 0 unspecified atom stereocenters. The summed E-state index contributed by atoms with van der Waals surface area (Å²) in [7, 11) is -2.11. The number of halogens is 2. The fraction of sp³-hybridized carbons (Fsp3) is 0.211. The van der Waals surface area contributed by atoms with Crippen LogP contribution in [0.1, 0.15) is 44.5 Å². The molecule has 6 aromatic carbocycles. The largest absolute Gasteiger partial charge is 4.00 e. The third-order valence-corrected chi connectivity index (χ3v) is 12.6. The van der Waals surface area contributed by atoms with Crippen molar-refractivity contribution < 1.29 is 51.0 Å². The minimum absolute atomic E-state index is 0. The molecule has 42 heavy (non-hydrogen) atoms. The minimum atomic E-state index is -2.11. The number of benzene rings is 4. The third kappa shape index (κ3) is 6.07. The van der Waals surface area contributed by atoms with E-state index in [1.165, 1.54) is 66.1 Å². The van der Waals surface area contributed by atoms with Crippen molar-refractivity contribution in [3.05, 3.63) is 142 Å². The number of fused-ring (bicyclic) bond motifs is 2. The minimum Gasteiger partial charge on any atom is -1.00 e. The van der Waals surface area contributed by atoms with Gasteiger partial charge in [0, 0.05) is 8.07 Å². The Kier molecular flexibility index (Phi) is 11.1. The Bertz CT molecular complexity index is 1680. The van der Waals surface area contributed by atoms with Gasteiger partial charge in [-0.05, 0) is 24.0 Å². The van der Waals surface area contributed by atoms with Crippen molar-refractivity contribution in [2.24, 2.45) is 0 Å². The fourth-order valence-electron chi connectivity index (χ4n) is 7.13. The average Bonchev–Trinajstić information content (AvgIpc) is 3.48. The van der Waals surface area contributed by atoms with Crippen LogP contribution in [0.3, 0.4) is 0 Å². The van der Waals surface area contributed by atoms with E-state index in [0.29, 0.717) is 0 Å². The second-order valence-corrected chi connectivity index (χ2v) is 16.3. The maximum Gasteiger partial charge on any atom is 4.00 e. The van der Waals surface area contributed by atoms with Crippen molar-refractivity contribution in [2.45, 2.75) is 53.6 Å². The van der Waals surface area contributed by atoms with Crippen LogP contribution >= 0.6 is 0 Å². The van der Waals surface area contributed by atoms with Crippen LogP contribution in [0.5, 0.6) is 0 Å². The van der Waals surface area contributed by atoms with Gasteiger partial charge in [-0.15, -0.1) is 68.1 Å². The average molecular weight is 685 g/mol. The van der Waals surface area contributed by atoms with E-state index in [9.17, 15) is 0 Å². The van der Waals surface area contributed by atoms with E-state index >= 15 is 0 Å². The molecule has 0 heterocycles. The quantitative estimate of drug-likeness (QED) is 0.187. The molecule has 0 aromatic heterocycles. The summed E-state index contributed by atoms with van der Waals surface area (Å²) in [5, 5.41) is 9.14. The molecule has 0 radical (unpaired) electrons. The van der Waals surface area contributed by atoms with Gasteiger partial charge in [-0.1, -0.05) is 125 Å². The van der Waals surface area contributed by atoms with Crippen molar-refractivity contribution in [1.29, 1.82) is 0 Å². The second kappa shape index (κ2) is 13.6. The number of rotatable bonds is 6. The van der Waals surface area contributed by atoms with Crippen LogP contribution in [0.2, 0.25) is 13.1 Å². The molecule has 6 rings (SSSR count). The summed E-state index contributed by atoms with van der Waals surface area (Å²) >= 11 is 0. The van der Waals surface area contributed by atoms with Crippen LogP contribution < -0.4 is 35.2 Å². The zero-order valence-electron chi connectivity index (χ0n) is 25.4. The molecule has 0 atom stereocenters. The molecule has 0 aliphatic heterocycles. The van der Waals surface area contributed by atoms with Crippen molar-refractivity contribution in [1.82, 2.24) is 0 Å². The van der Waals surface area contributed by atoms with Crippen LogP contribution in [0.15, 0.2) is 97.1 Å². The van der Waals surface area contributed by atoms with Crippen molar-refractivity contribution in [3.63, 3.8) is 0 Å². The fourth-order valence-corrected chi connectivity index (χ4v) is 11.3. The first-order chi connectivity index (χ1) is 18.8. The summed E-state index contributed by atoms with van der Waals surface area (Å²) in [6, 6.07) is 36.3. The van der Waals surface area contributed by atoms with Gasteiger partial charge in [0.25, 0.3) is 0 Å². The van der Waals surface area contributed by atoms with Crippen LogP contribution in [0.25, 0.3) is 21.5 Å². The van der Waals surface area contributed by atoms with E-state index in [-0.39, 0.29) is 51.0 Å². The number of hydrogen-bond donors (Lipinski definition) is 0. The molecule has 0 spiro atoms. The normalized spacial score (nSPS) is 11.2. The first-order valence-electron chi connectivity index (χ1n) is 14.2. The predicted octanol–water partition coefficient (Wildman–Crippen LogP) is 2.67. The maximum atomic E-state index is 2.60. The van der Waals surface area contributed by atoms with Gasteiger partial charge < -0.3 is 24.8 Å². The molecule has 0 bridgehead atoms. The first-order valence-corrected chi connectivity index (χ1v) is 17.2. The summed E-state index contributed by atoms with van der Waals surface area (Å²) in [6.07, 6.45) is 1.94. The van der Waals surface area contributed by atoms with E-state index in [4.69, 9.17) is 0 Å². The summed E-state index contributed by atoms with van der Waals surface area (Å²) in [5.41, 5.74) is 11.3. The zero-order valence-corrected chi connectivity index (χ0v) is 30.4. The molecule has 0 saturated heterocycles. The first kappa shape index (κ1) is 34.3. The van der Waals surface area contributed by atoms with Gasteiger partial charge in [-0.25, -0.2) is 0 Å². The van der Waals surface area contributed by atoms with Crippen LogP contribution in [0, 0.1) is 27.7 Å². The standard InChI is InChI=1S/C38H38Si.2ClH.Zr/c1-25-17-19-31(23-29-13-9-7-10-14-29)35-33(25)21-27(3)37(35)39(5,6)38-28(4)22-34-26(2)18-20-32(36(34)38)24-30-15-11-8-12-16-30;;;/h7-22H,23-24H2,1-6H3;2*1H;/q-2;;;+4/p-2. The predicted molar refractivity (Wildman–Crippen MR) is 173 cm³/mol. The van der Waals surface area contributed by atoms with E-state index in [1.807, 2.05) is 0 Å². The zero-order chi connectivity index (χ0) is 27.3. The van der Waals surface area contributed by atoms with E-state index < -0.39 is 8.07 Å². The van der Waals surface area contributed by atoms with E-state index in [1.54, 1.807) is 10.4 Å². The molecular formula is C38H38Cl2SiZr. The second-order valence-electron chi connectivity index (χ2n) is 12.0. The van der Waals surface area contributed by atoms with Gasteiger partial charge in [0.15, 0.2) is 0 Å². The third-order valence-electron chi connectivity index (χ3n) is 8.83. The van der Waals surface area contributed by atoms with E-state index in [0.717, 1.165) is 12.8 Å². The van der Waals surface area contributed by atoms with Crippen molar-refractivity contribution in [2.75, 3.05) is 0 Å². The Morgan fingerprint density at radius 1 is 0.524 bits per heavy atom. The maximum absolute atomic E-state index is 2.60. The molecule has 0 aliphatic rings. The molecular weight excluding hydrogens is 647 g/mol. The SMILES string of the molecule is Cc1[cH-]c2c(C)ccc(Cc3ccccc3)c2c1[Si](C)(C)c1c(C)[cH-]c2c(C)ccc(Cc3ccccc3)c12.[Cl-].[Cl-].[Zr+4]. The van der Waals surface area contributed by atoms with Crippen LogP contribution in [0.4, 0.5) is 0 Å². The van der Waals surface area contributed by atoms with Crippen LogP contribution in [-0.4, -0.2) is 8.07 Å². The molecule has 0 amide bonds. The van der Waals surface area contributed by atoms with Crippen LogP contribution in [-0.2, 0) is 39.0 Å². The van der Waals surface area contributed by atoms with Gasteiger partial charge >= 0.3 is 26.2 Å². The Morgan fingerprint density at radius 3 is 1.24 bits per heavy atom. The van der Waals surface area contributed by atoms with Crippen molar-refractivity contribution in [3.8, 4) is 0 Å². The van der Waals surface area contributed by atoms with E-state index in [2.05, 4.69) is 138 Å². The van der Waals surface area contributed by atoms with Gasteiger partial charge in [0.05, 0.1) is 0 Å². The molecule has 0 N–H and O–H groups in total. The number of hydrogen-bond acceptors (Lipinski definition) is 0. The molecule has 212 valence electrons. The monoisotopic (exact) mass is 682 g/mol. The number of aryl methyl sites for hydroxylation is 4. The Hall–Kier alpha value is -2.22. The van der Waals surface area contributed by atoms with Gasteiger partial charge in [-0.2, -0.15) is 10.4 Å². The van der Waals surface area contributed by atoms with Gasteiger partial charge in [0.1, 0.15) is 0 Å². The molecule has 4 heteroatoms. The van der Waals surface area contributed by atoms with Gasteiger partial charge in [0.2, 0.25) is 0 Å². The van der Waals surface area contributed by atoms with Gasteiger partial charge in [-0.3, -0.25) is 0 Å². The molecule has 6 aromatic rings. The summed E-state index contributed by atoms with van der Waals surface area (Å²) < 4.78 is 0. The van der Waals surface area contributed by atoms with Crippen molar-refractivity contribution >= 4 is 40.0 Å².